The largest absolute Gasteiger partial charge is 0.384 e. The summed E-state index contributed by atoms with van der Waals surface area (Å²) in [5.74, 6) is 3.45. The van der Waals surface area contributed by atoms with Crippen LogP contribution in [0.5, 0.6) is 0 Å². The second-order valence-electron chi connectivity index (χ2n) is 5.88. The summed E-state index contributed by atoms with van der Waals surface area (Å²) in [4.78, 5) is 11.2. The monoisotopic (exact) mass is 332 g/mol. The number of nitrogen functional groups attached to an aromatic ring is 1. The first-order valence-electron chi connectivity index (χ1n) is 8.18. The Hall–Kier alpha value is -1.76. The van der Waals surface area contributed by atoms with Crippen LogP contribution in [0.4, 0.5) is 11.6 Å². The zero-order valence-corrected chi connectivity index (χ0v) is 14.6. The molecule has 0 unspecified atom stereocenters. The molecular formula is C16H24N6S. The molecule has 23 heavy (non-hydrogen) atoms. The van der Waals surface area contributed by atoms with Crippen LogP contribution in [0.3, 0.4) is 0 Å². The van der Waals surface area contributed by atoms with Crippen molar-refractivity contribution in [2.45, 2.75) is 38.4 Å². The number of thioether (sulfide) groups is 1. The van der Waals surface area contributed by atoms with Gasteiger partial charge in [0.1, 0.15) is 18.0 Å². The molecule has 1 aliphatic heterocycles. The number of nitrogens with zero attached hydrogens (tertiary/aromatic N) is 5. The van der Waals surface area contributed by atoms with Crippen molar-refractivity contribution in [2.24, 2.45) is 0 Å². The molecule has 0 saturated carbocycles. The number of hydrogen-bond acceptors (Lipinski definition) is 6. The minimum atomic E-state index is 0.599. The Morgan fingerprint density at radius 1 is 1.26 bits per heavy atom. The molecule has 0 bridgehead atoms. The summed E-state index contributed by atoms with van der Waals surface area (Å²) < 4.78 is 1.68. The van der Waals surface area contributed by atoms with Crippen molar-refractivity contribution in [1.29, 1.82) is 0 Å². The third-order valence-electron chi connectivity index (χ3n) is 4.07. The highest BCUT2D eigenvalue weighted by atomic mass is 32.2. The molecule has 2 aromatic rings. The summed E-state index contributed by atoms with van der Waals surface area (Å²) in [6.07, 6.45) is 5.40. The van der Waals surface area contributed by atoms with Crippen molar-refractivity contribution in [2.75, 3.05) is 29.5 Å². The van der Waals surface area contributed by atoms with E-state index in [9.17, 15) is 0 Å². The molecule has 0 spiro atoms. The average molecular weight is 332 g/mol. The van der Waals surface area contributed by atoms with Gasteiger partial charge < -0.3 is 10.6 Å². The predicted octanol–water partition coefficient (Wildman–Crippen LogP) is 2.66. The van der Waals surface area contributed by atoms with Gasteiger partial charge in [-0.05, 0) is 25.5 Å². The molecule has 0 aromatic carbocycles. The molecule has 3 heterocycles. The highest BCUT2D eigenvalue weighted by Crippen LogP contribution is 2.25. The highest BCUT2D eigenvalue weighted by molar-refractivity contribution is 7.99. The van der Waals surface area contributed by atoms with E-state index in [0.717, 1.165) is 36.2 Å². The molecule has 3 rings (SSSR count). The fraction of sp³-hybridized carbons (Fsp3) is 0.562. The number of hydrogen-bond donors (Lipinski definition) is 1. The van der Waals surface area contributed by atoms with Gasteiger partial charge in [-0.25, -0.2) is 9.97 Å². The lowest BCUT2D eigenvalue weighted by Crippen LogP contribution is -2.30. The topological polar surface area (TPSA) is 72.9 Å². The SMILES string of the molecule is CCS[C@@H]1CCCCN(c2cc(-n3nc(C)cc3N)ncn2)C1. The highest BCUT2D eigenvalue weighted by Gasteiger charge is 2.20. The van der Waals surface area contributed by atoms with E-state index in [1.807, 2.05) is 30.8 Å². The van der Waals surface area contributed by atoms with Gasteiger partial charge in [0, 0.05) is 30.5 Å². The summed E-state index contributed by atoms with van der Waals surface area (Å²) >= 11 is 2.05. The zero-order chi connectivity index (χ0) is 16.2. The number of rotatable bonds is 4. The summed E-state index contributed by atoms with van der Waals surface area (Å²) in [7, 11) is 0. The van der Waals surface area contributed by atoms with Gasteiger partial charge in [-0.1, -0.05) is 13.3 Å². The van der Waals surface area contributed by atoms with Crippen molar-refractivity contribution >= 4 is 23.4 Å². The molecule has 0 aliphatic carbocycles. The van der Waals surface area contributed by atoms with Gasteiger partial charge >= 0.3 is 0 Å². The van der Waals surface area contributed by atoms with Gasteiger partial charge in [0.2, 0.25) is 0 Å². The van der Waals surface area contributed by atoms with Crippen molar-refractivity contribution < 1.29 is 0 Å². The molecule has 1 saturated heterocycles. The predicted molar refractivity (Wildman–Crippen MR) is 96.3 cm³/mol. The first-order valence-corrected chi connectivity index (χ1v) is 9.23. The summed E-state index contributed by atoms with van der Waals surface area (Å²) in [6, 6.07) is 3.84. The van der Waals surface area contributed by atoms with E-state index in [1.165, 1.54) is 19.3 Å². The van der Waals surface area contributed by atoms with Crippen LogP contribution in [-0.4, -0.2) is 43.8 Å². The maximum atomic E-state index is 6.01. The van der Waals surface area contributed by atoms with Crippen LogP contribution < -0.4 is 10.6 Å². The van der Waals surface area contributed by atoms with Crippen LogP contribution in [0.25, 0.3) is 5.82 Å². The van der Waals surface area contributed by atoms with E-state index in [0.29, 0.717) is 11.1 Å². The van der Waals surface area contributed by atoms with Crippen LogP contribution in [0, 0.1) is 6.92 Å². The number of nitrogens with two attached hydrogens (primary N) is 1. The molecule has 124 valence electrons. The Morgan fingerprint density at radius 3 is 2.83 bits per heavy atom. The fourth-order valence-corrected chi connectivity index (χ4v) is 4.10. The Balaban J connectivity index is 1.85. The molecule has 1 aliphatic rings. The Bertz CT molecular complexity index is 656. The summed E-state index contributed by atoms with van der Waals surface area (Å²) in [5, 5.41) is 5.09. The van der Waals surface area contributed by atoms with E-state index >= 15 is 0 Å². The Morgan fingerprint density at radius 2 is 2.09 bits per heavy atom. The van der Waals surface area contributed by atoms with Gasteiger partial charge in [-0.3, -0.25) is 0 Å². The molecule has 1 fully saturated rings. The lowest BCUT2D eigenvalue weighted by molar-refractivity contribution is 0.735. The molecular weight excluding hydrogens is 308 g/mol. The van der Waals surface area contributed by atoms with E-state index in [2.05, 4.69) is 26.9 Å². The van der Waals surface area contributed by atoms with Crippen molar-refractivity contribution in [1.82, 2.24) is 19.7 Å². The molecule has 6 nitrogen and oxygen atoms in total. The first-order chi connectivity index (χ1) is 11.2. The van der Waals surface area contributed by atoms with Gasteiger partial charge in [0.05, 0.1) is 5.69 Å². The fourth-order valence-electron chi connectivity index (χ4n) is 3.01. The van der Waals surface area contributed by atoms with Gasteiger partial charge in [-0.15, -0.1) is 0 Å². The minimum Gasteiger partial charge on any atom is -0.384 e. The maximum absolute atomic E-state index is 6.01. The van der Waals surface area contributed by atoms with Crippen molar-refractivity contribution in [3.63, 3.8) is 0 Å². The van der Waals surface area contributed by atoms with Crippen LogP contribution >= 0.6 is 11.8 Å². The number of aromatic nitrogens is 4. The number of aryl methyl sites for hydroxylation is 1. The Kier molecular flexibility index (Phi) is 5.05. The standard InChI is InChI=1S/C16H24N6S/c1-3-23-13-6-4-5-7-21(10-13)15-9-16(19-11-18-15)22-14(17)8-12(2)20-22/h8-9,11,13H,3-7,10,17H2,1-2H3/t13-/m1/s1. The van der Waals surface area contributed by atoms with Gasteiger partial charge in [0.15, 0.2) is 5.82 Å². The normalized spacial score (nSPS) is 18.9. The third kappa shape index (κ3) is 3.77. The molecule has 0 radical (unpaired) electrons. The zero-order valence-electron chi connectivity index (χ0n) is 13.8. The quantitative estimate of drug-likeness (QED) is 0.928. The molecule has 7 heteroatoms. The number of anilines is 2. The lowest BCUT2D eigenvalue weighted by Gasteiger charge is -2.25. The van der Waals surface area contributed by atoms with E-state index < -0.39 is 0 Å². The first kappa shape index (κ1) is 16.1. The van der Waals surface area contributed by atoms with Crippen LogP contribution in [0.1, 0.15) is 31.9 Å². The van der Waals surface area contributed by atoms with Gasteiger partial charge in [0.25, 0.3) is 0 Å². The van der Waals surface area contributed by atoms with Crippen molar-refractivity contribution in [3.05, 3.63) is 24.2 Å². The maximum Gasteiger partial charge on any atom is 0.161 e. The van der Waals surface area contributed by atoms with Crippen LogP contribution in [-0.2, 0) is 0 Å². The lowest BCUT2D eigenvalue weighted by atomic mass is 10.2. The van der Waals surface area contributed by atoms with Gasteiger partial charge in [-0.2, -0.15) is 21.5 Å². The third-order valence-corrected chi connectivity index (χ3v) is 5.26. The minimum absolute atomic E-state index is 0.599. The summed E-state index contributed by atoms with van der Waals surface area (Å²) in [6.45, 7) is 6.25. The molecule has 2 N–H and O–H groups in total. The summed E-state index contributed by atoms with van der Waals surface area (Å²) in [5.41, 5.74) is 6.90. The second kappa shape index (κ2) is 7.21. The molecule has 2 aromatic heterocycles. The van der Waals surface area contributed by atoms with Crippen molar-refractivity contribution in [3.8, 4) is 5.82 Å². The van der Waals surface area contributed by atoms with E-state index in [4.69, 9.17) is 5.73 Å². The smallest absolute Gasteiger partial charge is 0.161 e. The van der Waals surface area contributed by atoms with Crippen LogP contribution in [0.2, 0.25) is 0 Å². The van der Waals surface area contributed by atoms with E-state index in [1.54, 1.807) is 11.0 Å². The van der Waals surface area contributed by atoms with Crippen LogP contribution in [0.15, 0.2) is 18.5 Å². The molecule has 0 amide bonds. The Labute approximate surface area is 141 Å². The van der Waals surface area contributed by atoms with E-state index in [-0.39, 0.29) is 0 Å². The average Bonchev–Trinajstić information content (AvgIpc) is 2.74. The second-order valence-corrected chi connectivity index (χ2v) is 7.45. The molecule has 1 atom stereocenters.